The van der Waals surface area contributed by atoms with Crippen LogP contribution in [-0.2, 0) is 4.79 Å². The summed E-state index contributed by atoms with van der Waals surface area (Å²) >= 11 is 12.1. The van der Waals surface area contributed by atoms with Gasteiger partial charge in [-0.3, -0.25) is 14.7 Å². The maximum Gasteiger partial charge on any atom is 0.309 e. The van der Waals surface area contributed by atoms with Crippen molar-refractivity contribution < 1.29 is 24.1 Å². The van der Waals surface area contributed by atoms with Gasteiger partial charge in [-0.2, -0.15) is 0 Å². The number of rotatable bonds is 7. The minimum absolute atomic E-state index is 0.0517. The van der Waals surface area contributed by atoms with E-state index in [2.05, 4.69) is 21.7 Å². The number of pyridine rings is 1. The Bertz CT molecular complexity index is 1360. The molecule has 0 spiro atoms. The molecule has 37 heavy (non-hydrogen) atoms. The summed E-state index contributed by atoms with van der Waals surface area (Å²) in [5.74, 6) is 5.18. The lowest BCUT2D eigenvalue weighted by Crippen LogP contribution is -2.44. The molecule has 1 atom stereocenters. The van der Waals surface area contributed by atoms with Gasteiger partial charge in [0.05, 0.1) is 40.7 Å². The average molecular weight is 545 g/mol. The van der Waals surface area contributed by atoms with Gasteiger partial charge < -0.3 is 14.9 Å². The molecule has 1 saturated heterocycles. The maximum absolute atomic E-state index is 13.6. The largest absolute Gasteiger partial charge is 0.497 e. The number of aromatic nitrogens is 1. The SMILES string of the molecule is COc1ccc2ncc(Cl)c(C(O)CCC3(C(=O)O)CCN(CC#Cc4ccc(Cl)c(F)c4)CC3)c2c1. The topological polar surface area (TPSA) is 82.9 Å². The van der Waals surface area contributed by atoms with Gasteiger partial charge >= 0.3 is 5.97 Å². The van der Waals surface area contributed by atoms with E-state index in [1.165, 1.54) is 18.3 Å². The molecular weight excluding hydrogens is 518 g/mol. The van der Waals surface area contributed by atoms with Crippen molar-refractivity contribution in [3.05, 3.63) is 69.6 Å². The second-order valence-electron chi connectivity index (χ2n) is 9.25. The first kappa shape index (κ1) is 27.2. The summed E-state index contributed by atoms with van der Waals surface area (Å²) < 4.78 is 18.9. The fraction of sp³-hybridized carbons (Fsp3) is 0.357. The van der Waals surface area contributed by atoms with Crippen LogP contribution in [0.4, 0.5) is 4.39 Å². The monoisotopic (exact) mass is 544 g/mol. The number of carboxylic acids is 1. The van der Waals surface area contributed by atoms with Crippen molar-refractivity contribution in [3.8, 4) is 17.6 Å². The standard InChI is InChI=1S/C28H27Cl2FN2O4/c1-37-19-5-7-24-20(16-19)26(22(30)17-32-24)25(34)8-9-28(27(35)36)10-13-33(14-11-28)12-2-3-18-4-6-21(29)23(31)15-18/h4-7,15-17,25,34H,8-14H2,1H3,(H,35,36). The number of halogens is 3. The van der Waals surface area contributed by atoms with Crippen molar-refractivity contribution >= 4 is 40.1 Å². The highest BCUT2D eigenvalue weighted by molar-refractivity contribution is 6.32. The van der Waals surface area contributed by atoms with Crippen LogP contribution < -0.4 is 4.74 Å². The predicted octanol–water partition coefficient (Wildman–Crippen LogP) is 5.72. The molecule has 0 amide bonds. The van der Waals surface area contributed by atoms with Crippen molar-refractivity contribution in [2.45, 2.75) is 31.8 Å². The lowest BCUT2D eigenvalue weighted by Gasteiger charge is -2.38. The highest BCUT2D eigenvalue weighted by Crippen LogP contribution is 2.41. The van der Waals surface area contributed by atoms with Crippen LogP contribution >= 0.6 is 23.2 Å². The number of carbonyl (C=O) groups is 1. The number of nitrogens with zero attached hydrogens (tertiary/aromatic N) is 2. The third-order valence-corrected chi connectivity index (χ3v) is 7.63. The van der Waals surface area contributed by atoms with E-state index in [0.717, 1.165) is 0 Å². The van der Waals surface area contributed by atoms with E-state index in [4.69, 9.17) is 27.9 Å². The Morgan fingerprint density at radius 2 is 1.97 bits per heavy atom. The summed E-state index contributed by atoms with van der Waals surface area (Å²) in [5.41, 5.74) is 0.783. The van der Waals surface area contributed by atoms with Gasteiger partial charge in [0.1, 0.15) is 11.6 Å². The fourth-order valence-corrected chi connectivity index (χ4v) is 5.12. The molecule has 1 fully saturated rings. The molecule has 3 aromatic rings. The van der Waals surface area contributed by atoms with E-state index in [1.54, 1.807) is 31.4 Å². The Labute approximate surface area is 225 Å². The average Bonchev–Trinajstić information content (AvgIpc) is 2.89. The quantitative estimate of drug-likeness (QED) is 0.370. The normalized spacial score (nSPS) is 16.1. The van der Waals surface area contributed by atoms with Crippen LogP contribution in [0.3, 0.4) is 0 Å². The first-order valence-electron chi connectivity index (χ1n) is 11.9. The number of benzene rings is 2. The summed E-state index contributed by atoms with van der Waals surface area (Å²) in [4.78, 5) is 18.7. The molecule has 2 aromatic carbocycles. The van der Waals surface area contributed by atoms with E-state index in [1.807, 2.05) is 0 Å². The molecule has 9 heteroatoms. The summed E-state index contributed by atoms with van der Waals surface area (Å²) in [7, 11) is 1.56. The zero-order chi connectivity index (χ0) is 26.6. The lowest BCUT2D eigenvalue weighted by molar-refractivity contribution is -0.153. The molecule has 6 nitrogen and oxygen atoms in total. The number of piperidine rings is 1. The molecule has 2 heterocycles. The zero-order valence-electron chi connectivity index (χ0n) is 20.3. The number of carboxylic acid groups (broad SMARTS) is 1. The van der Waals surface area contributed by atoms with Crippen molar-refractivity contribution in [3.63, 3.8) is 0 Å². The van der Waals surface area contributed by atoms with Crippen LogP contribution in [0.2, 0.25) is 10.0 Å². The zero-order valence-corrected chi connectivity index (χ0v) is 21.8. The van der Waals surface area contributed by atoms with Gasteiger partial charge in [-0.15, -0.1) is 0 Å². The molecule has 1 aliphatic heterocycles. The van der Waals surface area contributed by atoms with Crippen LogP contribution in [0.15, 0.2) is 42.6 Å². The molecule has 0 aliphatic carbocycles. The minimum atomic E-state index is -0.954. The molecule has 0 saturated carbocycles. The van der Waals surface area contributed by atoms with Gasteiger partial charge in [0.2, 0.25) is 0 Å². The maximum atomic E-state index is 13.6. The number of aliphatic hydroxyl groups is 1. The highest BCUT2D eigenvalue weighted by Gasteiger charge is 2.41. The van der Waals surface area contributed by atoms with E-state index in [0.29, 0.717) is 71.7 Å². The van der Waals surface area contributed by atoms with Crippen LogP contribution in [0, 0.1) is 23.1 Å². The van der Waals surface area contributed by atoms with Crippen molar-refractivity contribution in [2.75, 3.05) is 26.7 Å². The second kappa shape index (κ2) is 11.7. The number of methoxy groups -OCH3 is 1. The van der Waals surface area contributed by atoms with Crippen molar-refractivity contribution in [1.29, 1.82) is 0 Å². The summed E-state index contributed by atoms with van der Waals surface area (Å²) in [6, 6.07) is 9.77. The van der Waals surface area contributed by atoms with E-state index < -0.39 is 23.3 Å². The van der Waals surface area contributed by atoms with Gasteiger partial charge in [0.25, 0.3) is 0 Å². The molecule has 1 aliphatic rings. The van der Waals surface area contributed by atoms with Crippen LogP contribution in [-0.4, -0.2) is 52.8 Å². The third-order valence-electron chi connectivity index (χ3n) is 7.02. The first-order valence-corrected chi connectivity index (χ1v) is 12.7. The van der Waals surface area contributed by atoms with Gasteiger partial charge in [-0.05, 0) is 62.1 Å². The first-order chi connectivity index (χ1) is 17.7. The lowest BCUT2D eigenvalue weighted by atomic mass is 9.74. The van der Waals surface area contributed by atoms with E-state index in [-0.39, 0.29) is 11.4 Å². The van der Waals surface area contributed by atoms with Crippen LogP contribution in [0.5, 0.6) is 5.75 Å². The number of hydrogen-bond donors (Lipinski definition) is 2. The molecule has 1 aromatic heterocycles. The molecular formula is C28H27Cl2FN2O4. The van der Waals surface area contributed by atoms with E-state index in [9.17, 15) is 19.4 Å². The number of hydrogen-bond acceptors (Lipinski definition) is 5. The number of aliphatic carboxylic acids is 1. The number of aliphatic hydroxyl groups excluding tert-OH is 1. The van der Waals surface area contributed by atoms with Gasteiger partial charge in [0.15, 0.2) is 0 Å². The number of likely N-dealkylation sites (tertiary alicyclic amines) is 1. The molecule has 0 radical (unpaired) electrons. The second-order valence-corrected chi connectivity index (χ2v) is 10.1. The molecule has 194 valence electrons. The molecule has 4 rings (SSSR count). The Hall–Kier alpha value is -2.89. The van der Waals surface area contributed by atoms with Crippen LogP contribution in [0.25, 0.3) is 10.9 Å². The van der Waals surface area contributed by atoms with Crippen molar-refractivity contribution in [1.82, 2.24) is 9.88 Å². The van der Waals surface area contributed by atoms with Gasteiger partial charge in [0, 0.05) is 35.8 Å². The predicted molar refractivity (Wildman–Crippen MR) is 142 cm³/mol. The Morgan fingerprint density at radius 1 is 1.22 bits per heavy atom. The van der Waals surface area contributed by atoms with E-state index >= 15 is 0 Å². The van der Waals surface area contributed by atoms with Gasteiger partial charge in [-0.25, -0.2) is 4.39 Å². The Balaban J connectivity index is 1.41. The smallest absolute Gasteiger partial charge is 0.309 e. The number of fused-ring (bicyclic) bond motifs is 1. The molecule has 2 N–H and O–H groups in total. The summed E-state index contributed by atoms with van der Waals surface area (Å²) in [5, 5.41) is 22.2. The third kappa shape index (κ3) is 6.16. The van der Waals surface area contributed by atoms with Crippen LogP contribution in [0.1, 0.15) is 42.9 Å². The Kier molecular flexibility index (Phi) is 8.56. The summed E-state index contributed by atoms with van der Waals surface area (Å²) in [6.07, 6.45) is 1.96. The molecule has 1 unspecified atom stereocenters. The van der Waals surface area contributed by atoms with Crippen molar-refractivity contribution in [2.24, 2.45) is 5.41 Å². The van der Waals surface area contributed by atoms with Gasteiger partial charge in [-0.1, -0.05) is 35.0 Å². The summed E-state index contributed by atoms with van der Waals surface area (Å²) in [6.45, 7) is 1.56. The Morgan fingerprint density at radius 3 is 2.65 bits per heavy atom. The molecule has 0 bridgehead atoms. The number of ether oxygens (including phenoxy) is 1. The fourth-order valence-electron chi connectivity index (χ4n) is 4.73. The minimum Gasteiger partial charge on any atom is -0.497 e. The highest BCUT2D eigenvalue weighted by atomic mass is 35.5.